The van der Waals surface area contributed by atoms with Crippen LogP contribution in [-0.2, 0) is 5.41 Å². The highest BCUT2D eigenvalue weighted by atomic mass is 16.4. The molecule has 0 bridgehead atoms. The summed E-state index contributed by atoms with van der Waals surface area (Å²) >= 11 is 0. The van der Waals surface area contributed by atoms with Crippen molar-refractivity contribution in [1.29, 1.82) is 0 Å². The molecular weight excluding hydrogens is 601 g/mol. The quantitative estimate of drug-likeness (QED) is 0.192. The fourth-order valence-corrected chi connectivity index (χ4v) is 8.70. The van der Waals surface area contributed by atoms with Crippen LogP contribution in [0.15, 0.2) is 167 Å². The zero-order valence-corrected chi connectivity index (χ0v) is 26.2. The summed E-state index contributed by atoms with van der Waals surface area (Å²) in [6, 6.07) is 55.5. The van der Waals surface area contributed by atoms with Crippen molar-refractivity contribution in [3.05, 3.63) is 190 Å². The van der Waals surface area contributed by atoms with E-state index in [4.69, 9.17) is 4.42 Å². The monoisotopic (exact) mass is 626 g/mol. The molecule has 2 heterocycles. The van der Waals surface area contributed by atoms with Crippen LogP contribution in [0, 0.1) is 0 Å². The summed E-state index contributed by atoms with van der Waals surface area (Å²) in [6.07, 6.45) is 0. The number of fused-ring (bicyclic) bond motifs is 14. The molecule has 0 unspecified atom stereocenters. The van der Waals surface area contributed by atoms with Crippen LogP contribution in [0.25, 0.3) is 72.4 Å². The average Bonchev–Trinajstić information content (AvgIpc) is 3.78. The first-order valence-electron chi connectivity index (χ1n) is 16.6. The molecular formula is C45H26N2O2. The van der Waals surface area contributed by atoms with Gasteiger partial charge in [0.15, 0.2) is 0 Å². The average molecular weight is 627 g/mol. The lowest BCUT2D eigenvalue weighted by atomic mass is 9.70. The maximum atomic E-state index is 14.2. The fourth-order valence-electron chi connectivity index (χ4n) is 8.70. The van der Waals surface area contributed by atoms with Crippen LogP contribution in [0.3, 0.4) is 0 Å². The van der Waals surface area contributed by atoms with E-state index in [0.717, 1.165) is 33.3 Å². The van der Waals surface area contributed by atoms with Crippen LogP contribution in [0.1, 0.15) is 22.3 Å². The second-order valence-electron chi connectivity index (χ2n) is 13.0. The molecule has 4 heteroatoms. The molecule has 0 amide bonds. The number of aromatic nitrogens is 2. The van der Waals surface area contributed by atoms with Gasteiger partial charge in [-0.15, -0.1) is 0 Å². The SMILES string of the molecule is O=c1c2c(-c3cccc(-c4ccc5c(c4)C4(c6ccccc6-c6ccccc64)c4ccccc4-5)c3)cccc2oc2nc3ccccc3n12. The first-order chi connectivity index (χ1) is 24.2. The van der Waals surface area contributed by atoms with Crippen molar-refractivity contribution in [3.63, 3.8) is 0 Å². The van der Waals surface area contributed by atoms with Crippen molar-refractivity contribution in [2.45, 2.75) is 5.41 Å². The second-order valence-corrected chi connectivity index (χ2v) is 13.0. The lowest BCUT2D eigenvalue weighted by Gasteiger charge is -2.30. The topological polar surface area (TPSA) is 47.5 Å². The Balaban J connectivity index is 1.13. The van der Waals surface area contributed by atoms with Crippen LogP contribution in [0.5, 0.6) is 0 Å². The van der Waals surface area contributed by atoms with E-state index >= 15 is 0 Å². The highest BCUT2D eigenvalue weighted by Gasteiger charge is 2.51. The van der Waals surface area contributed by atoms with Crippen LogP contribution in [0.4, 0.5) is 0 Å². The summed E-state index contributed by atoms with van der Waals surface area (Å²) in [5, 5.41) is 0.540. The van der Waals surface area contributed by atoms with Crippen LogP contribution in [-0.4, -0.2) is 9.38 Å². The highest BCUT2D eigenvalue weighted by molar-refractivity contribution is 5.97. The Morgan fingerprint density at radius 2 is 1.06 bits per heavy atom. The molecule has 2 aliphatic carbocycles. The molecule has 9 aromatic rings. The number of benzene rings is 7. The normalized spacial score (nSPS) is 13.6. The Bertz CT molecular complexity index is 2870. The molecule has 7 aromatic carbocycles. The van der Waals surface area contributed by atoms with E-state index in [1.165, 1.54) is 44.5 Å². The van der Waals surface area contributed by atoms with Gasteiger partial charge in [-0.3, -0.25) is 4.79 Å². The Morgan fingerprint density at radius 1 is 0.490 bits per heavy atom. The summed E-state index contributed by atoms with van der Waals surface area (Å²) in [6.45, 7) is 0. The van der Waals surface area contributed by atoms with Gasteiger partial charge in [-0.1, -0.05) is 127 Å². The lowest BCUT2D eigenvalue weighted by molar-refractivity contribution is 0.617. The van der Waals surface area contributed by atoms with E-state index in [9.17, 15) is 4.79 Å². The van der Waals surface area contributed by atoms with Crippen molar-refractivity contribution < 1.29 is 4.42 Å². The van der Waals surface area contributed by atoms with Gasteiger partial charge in [0.25, 0.3) is 5.56 Å². The predicted molar refractivity (Wildman–Crippen MR) is 196 cm³/mol. The van der Waals surface area contributed by atoms with E-state index < -0.39 is 5.41 Å². The minimum atomic E-state index is -0.403. The number of nitrogens with zero attached hydrogens (tertiary/aromatic N) is 2. The summed E-state index contributed by atoms with van der Waals surface area (Å²) in [5.41, 5.74) is 15.9. The van der Waals surface area contributed by atoms with Crippen molar-refractivity contribution in [2.75, 3.05) is 0 Å². The third-order valence-electron chi connectivity index (χ3n) is 10.7. The first kappa shape index (κ1) is 26.5. The minimum Gasteiger partial charge on any atom is -0.424 e. The van der Waals surface area contributed by atoms with E-state index in [0.29, 0.717) is 16.8 Å². The van der Waals surface area contributed by atoms with Gasteiger partial charge in [0.2, 0.25) is 0 Å². The van der Waals surface area contributed by atoms with Crippen LogP contribution >= 0.6 is 0 Å². The molecule has 11 rings (SSSR count). The predicted octanol–water partition coefficient (Wildman–Crippen LogP) is 10.3. The van der Waals surface area contributed by atoms with Crippen molar-refractivity contribution in [1.82, 2.24) is 9.38 Å². The summed E-state index contributed by atoms with van der Waals surface area (Å²) in [4.78, 5) is 18.7. The minimum absolute atomic E-state index is 0.137. The number of para-hydroxylation sites is 2. The van der Waals surface area contributed by atoms with Gasteiger partial charge in [0, 0.05) is 0 Å². The van der Waals surface area contributed by atoms with Gasteiger partial charge in [-0.2, -0.15) is 4.98 Å². The Hall–Kier alpha value is -6.52. The molecule has 0 saturated carbocycles. The fraction of sp³-hybridized carbons (Fsp3) is 0.0222. The molecule has 49 heavy (non-hydrogen) atoms. The van der Waals surface area contributed by atoms with Gasteiger partial charge in [0.05, 0.1) is 21.8 Å². The summed E-state index contributed by atoms with van der Waals surface area (Å²) in [7, 11) is 0. The maximum Gasteiger partial charge on any atom is 0.310 e. The Kier molecular flexibility index (Phi) is 5.16. The van der Waals surface area contributed by atoms with Gasteiger partial charge < -0.3 is 4.42 Å². The smallest absolute Gasteiger partial charge is 0.310 e. The van der Waals surface area contributed by atoms with E-state index in [1.807, 2.05) is 42.5 Å². The number of rotatable bonds is 2. The lowest BCUT2D eigenvalue weighted by Crippen LogP contribution is -2.25. The molecule has 1 spiro atoms. The van der Waals surface area contributed by atoms with E-state index in [2.05, 4.69) is 120 Å². The molecule has 2 aromatic heterocycles. The van der Waals surface area contributed by atoms with Gasteiger partial charge in [-0.25, -0.2) is 4.40 Å². The van der Waals surface area contributed by atoms with Crippen molar-refractivity contribution >= 4 is 27.8 Å². The van der Waals surface area contributed by atoms with E-state index in [1.54, 1.807) is 4.40 Å². The van der Waals surface area contributed by atoms with Crippen molar-refractivity contribution in [2.24, 2.45) is 0 Å². The third-order valence-corrected chi connectivity index (χ3v) is 10.7. The third kappa shape index (κ3) is 3.37. The van der Waals surface area contributed by atoms with Gasteiger partial charge in [0.1, 0.15) is 5.58 Å². The summed E-state index contributed by atoms with van der Waals surface area (Å²) < 4.78 is 7.82. The molecule has 0 atom stereocenters. The molecule has 0 fully saturated rings. The molecule has 0 radical (unpaired) electrons. The van der Waals surface area contributed by atoms with Crippen LogP contribution in [0.2, 0.25) is 0 Å². The van der Waals surface area contributed by atoms with Gasteiger partial charge in [-0.05, 0) is 97.1 Å². The number of imidazole rings is 1. The first-order valence-corrected chi connectivity index (χ1v) is 16.6. The van der Waals surface area contributed by atoms with Crippen LogP contribution < -0.4 is 5.56 Å². The molecule has 2 aliphatic rings. The molecule has 228 valence electrons. The van der Waals surface area contributed by atoms with Crippen molar-refractivity contribution in [3.8, 4) is 44.5 Å². The number of hydrogen-bond donors (Lipinski definition) is 0. The molecule has 4 nitrogen and oxygen atoms in total. The summed E-state index contributed by atoms with van der Waals surface area (Å²) in [5.74, 6) is 0.299. The Morgan fingerprint density at radius 3 is 1.80 bits per heavy atom. The van der Waals surface area contributed by atoms with E-state index in [-0.39, 0.29) is 5.56 Å². The second kappa shape index (κ2) is 9.52. The molecule has 0 N–H and O–H groups in total. The van der Waals surface area contributed by atoms with Gasteiger partial charge >= 0.3 is 5.84 Å². The largest absolute Gasteiger partial charge is 0.424 e. The number of hydrogen-bond acceptors (Lipinski definition) is 3. The zero-order valence-electron chi connectivity index (χ0n) is 26.2. The maximum absolute atomic E-state index is 14.2. The molecule has 0 aliphatic heterocycles. The molecule has 0 saturated heterocycles. The zero-order chi connectivity index (χ0) is 32.3. The highest BCUT2D eigenvalue weighted by Crippen LogP contribution is 2.63. The standard InChI is InChI=1S/C45H26N2O2/c48-43-42-30(16-10-22-41(42)49-44-46-39-20-7-8-21-40(39)47(43)44)29-12-9-11-27(25-29)28-23-24-34-33-15-3-6-19-37(33)45(38(34)26-28)35-17-4-1-13-31(35)32-14-2-5-18-36(32)45/h1-26H. The Labute approximate surface area is 281 Å².